The quantitative estimate of drug-likeness (QED) is 0.813. The monoisotopic (exact) mass is 278 g/mol. The Balaban J connectivity index is 2.04. The molecule has 0 radical (unpaired) electrons. The lowest BCUT2D eigenvalue weighted by atomic mass is 10.2. The Morgan fingerprint density at radius 3 is 2.75 bits per heavy atom. The lowest BCUT2D eigenvalue weighted by molar-refractivity contribution is -0.121. The van der Waals surface area contributed by atoms with Gasteiger partial charge in [-0.15, -0.1) is 0 Å². The van der Waals surface area contributed by atoms with Crippen LogP contribution in [0.2, 0.25) is 0 Å². The highest BCUT2D eigenvalue weighted by molar-refractivity contribution is 5.84. The van der Waals surface area contributed by atoms with Crippen LogP contribution in [-0.2, 0) is 11.3 Å². The Kier molecular flexibility index (Phi) is 4.42. The Hall–Kier alpha value is -1.85. The van der Waals surface area contributed by atoms with Crippen LogP contribution in [0.1, 0.15) is 33.6 Å². The summed E-state index contributed by atoms with van der Waals surface area (Å²) in [6, 6.07) is -0.154. The predicted octanol–water partition coefficient (Wildman–Crippen LogP) is 0.978. The third-order valence-electron chi connectivity index (χ3n) is 3.15. The van der Waals surface area contributed by atoms with Gasteiger partial charge < -0.3 is 15.2 Å². The van der Waals surface area contributed by atoms with E-state index in [2.05, 4.69) is 15.6 Å². The highest BCUT2D eigenvalue weighted by atomic mass is 16.2. The zero-order valence-electron chi connectivity index (χ0n) is 12.2. The van der Waals surface area contributed by atoms with Crippen LogP contribution in [0.4, 0.5) is 5.82 Å². The average Bonchev–Trinajstić information content (AvgIpc) is 3.17. The van der Waals surface area contributed by atoms with Gasteiger partial charge in [0.25, 0.3) is 5.56 Å². The molecule has 0 bridgehead atoms. The molecule has 1 aliphatic rings. The molecule has 0 aliphatic heterocycles. The maximum atomic E-state index is 12.2. The lowest BCUT2D eigenvalue weighted by Crippen LogP contribution is -2.40. The van der Waals surface area contributed by atoms with E-state index >= 15 is 0 Å². The van der Waals surface area contributed by atoms with Crippen molar-refractivity contribution in [1.82, 2.24) is 14.9 Å². The molecule has 20 heavy (non-hydrogen) atoms. The molecular weight excluding hydrogens is 256 g/mol. The second kappa shape index (κ2) is 6.07. The molecule has 110 valence electrons. The number of amides is 1. The number of nitrogens with one attached hydrogen (secondary N) is 2. The van der Waals surface area contributed by atoms with Crippen LogP contribution in [0.25, 0.3) is 0 Å². The fraction of sp³-hybridized carbons (Fsp3) is 0.643. The summed E-state index contributed by atoms with van der Waals surface area (Å²) in [7, 11) is 0. The van der Waals surface area contributed by atoms with Gasteiger partial charge in [0, 0.05) is 25.0 Å². The second-order valence-electron chi connectivity index (χ2n) is 5.78. The van der Waals surface area contributed by atoms with Crippen molar-refractivity contribution in [2.75, 3.05) is 5.32 Å². The molecule has 0 aromatic carbocycles. The lowest BCUT2D eigenvalue weighted by Gasteiger charge is -2.15. The molecule has 1 atom stereocenters. The zero-order valence-corrected chi connectivity index (χ0v) is 12.2. The van der Waals surface area contributed by atoms with Crippen molar-refractivity contribution in [2.45, 2.75) is 52.2 Å². The molecule has 6 heteroatoms. The fourth-order valence-electron chi connectivity index (χ4n) is 1.91. The number of aromatic nitrogens is 2. The molecule has 1 saturated carbocycles. The van der Waals surface area contributed by atoms with Gasteiger partial charge in [-0.25, -0.2) is 4.98 Å². The molecule has 1 aromatic rings. The van der Waals surface area contributed by atoms with Crippen molar-refractivity contribution in [2.24, 2.45) is 5.92 Å². The Bertz CT molecular complexity index is 534. The Morgan fingerprint density at radius 2 is 2.15 bits per heavy atom. The molecule has 2 rings (SSSR count). The molecule has 2 N–H and O–H groups in total. The minimum Gasteiger partial charge on any atom is -0.354 e. The van der Waals surface area contributed by atoms with Crippen LogP contribution in [0, 0.1) is 5.92 Å². The van der Waals surface area contributed by atoms with E-state index in [1.807, 2.05) is 13.8 Å². The first-order valence-electron chi connectivity index (χ1n) is 7.09. The van der Waals surface area contributed by atoms with Gasteiger partial charge in [0.05, 0.1) is 0 Å². The normalized spacial score (nSPS) is 16.0. The zero-order chi connectivity index (χ0) is 14.7. The van der Waals surface area contributed by atoms with E-state index in [1.165, 1.54) is 0 Å². The summed E-state index contributed by atoms with van der Waals surface area (Å²) in [5.41, 5.74) is -0.188. The third kappa shape index (κ3) is 3.82. The van der Waals surface area contributed by atoms with E-state index in [0.717, 1.165) is 12.8 Å². The van der Waals surface area contributed by atoms with Crippen molar-refractivity contribution in [3.8, 4) is 0 Å². The summed E-state index contributed by atoms with van der Waals surface area (Å²) in [4.78, 5) is 28.1. The number of carbonyl (C=O) groups excluding carboxylic acids is 1. The van der Waals surface area contributed by atoms with Gasteiger partial charge in [-0.05, 0) is 25.7 Å². The van der Waals surface area contributed by atoms with Crippen molar-refractivity contribution in [1.29, 1.82) is 0 Å². The number of hydrogen-bond donors (Lipinski definition) is 2. The van der Waals surface area contributed by atoms with Gasteiger partial charge in [0.2, 0.25) is 5.91 Å². The summed E-state index contributed by atoms with van der Waals surface area (Å²) < 4.78 is 1.62. The Morgan fingerprint density at radius 1 is 1.45 bits per heavy atom. The smallest absolute Gasteiger partial charge is 0.293 e. The summed E-state index contributed by atoms with van der Waals surface area (Å²) in [6.07, 6.45) is 5.34. The van der Waals surface area contributed by atoms with Gasteiger partial charge >= 0.3 is 0 Å². The number of nitrogens with zero attached hydrogens (tertiary/aromatic N) is 2. The van der Waals surface area contributed by atoms with Crippen molar-refractivity contribution in [3.63, 3.8) is 0 Å². The van der Waals surface area contributed by atoms with Gasteiger partial charge in [0.1, 0.15) is 6.04 Å². The van der Waals surface area contributed by atoms with E-state index in [4.69, 9.17) is 0 Å². The molecular formula is C14H22N4O2. The highest BCUT2D eigenvalue weighted by Gasteiger charge is 2.26. The molecule has 1 unspecified atom stereocenters. The fourth-order valence-corrected chi connectivity index (χ4v) is 1.91. The first-order valence-corrected chi connectivity index (χ1v) is 7.09. The SMILES string of the molecule is CC(C)Cn1ccnc(NC(C)C(=O)NC2CC2)c1=O. The van der Waals surface area contributed by atoms with Crippen LogP contribution in [0.5, 0.6) is 0 Å². The van der Waals surface area contributed by atoms with Crippen molar-refractivity contribution in [3.05, 3.63) is 22.7 Å². The maximum absolute atomic E-state index is 12.2. The third-order valence-corrected chi connectivity index (χ3v) is 3.15. The van der Waals surface area contributed by atoms with E-state index in [0.29, 0.717) is 18.5 Å². The number of carbonyl (C=O) groups is 1. The molecule has 1 aliphatic carbocycles. The molecule has 1 fully saturated rings. The van der Waals surface area contributed by atoms with Crippen LogP contribution >= 0.6 is 0 Å². The van der Waals surface area contributed by atoms with Crippen molar-refractivity contribution >= 4 is 11.7 Å². The second-order valence-corrected chi connectivity index (χ2v) is 5.78. The predicted molar refractivity (Wildman–Crippen MR) is 77.6 cm³/mol. The maximum Gasteiger partial charge on any atom is 0.293 e. The molecule has 1 aromatic heterocycles. The van der Waals surface area contributed by atoms with Crippen LogP contribution < -0.4 is 16.2 Å². The van der Waals surface area contributed by atoms with E-state index in [-0.39, 0.29) is 17.3 Å². The summed E-state index contributed by atoms with van der Waals surface area (Å²) in [6.45, 7) is 6.47. The molecule has 0 spiro atoms. The topological polar surface area (TPSA) is 76.0 Å². The summed E-state index contributed by atoms with van der Waals surface area (Å²) in [5.74, 6) is 0.512. The summed E-state index contributed by atoms with van der Waals surface area (Å²) >= 11 is 0. The first-order chi connectivity index (χ1) is 9.47. The number of anilines is 1. The molecule has 0 saturated heterocycles. The average molecular weight is 278 g/mol. The van der Waals surface area contributed by atoms with Crippen LogP contribution in [0.15, 0.2) is 17.2 Å². The van der Waals surface area contributed by atoms with Gasteiger partial charge in [-0.1, -0.05) is 13.8 Å². The van der Waals surface area contributed by atoms with E-state index < -0.39 is 6.04 Å². The minimum atomic E-state index is -0.467. The van der Waals surface area contributed by atoms with Gasteiger partial charge in [-0.2, -0.15) is 0 Å². The van der Waals surface area contributed by atoms with E-state index in [9.17, 15) is 9.59 Å². The van der Waals surface area contributed by atoms with Crippen LogP contribution in [0.3, 0.4) is 0 Å². The van der Waals surface area contributed by atoms with Gasteiger partial charge in [-0.3, -0.25) is 9.59 Å². The van der Waals surface area contributed by atoms with Gasteiger partial charge in [0.15, 0.2) is 5.82 Å². The molecule has 1 heterocycles. The largest absolute Gasteiger partial charge is 0.354 e. The molecule has 6 nitrogen and oxygen atoms in total. The van der Waals surface area contributed by atoms with Crippen molar-refractivity contribution < 1.29 is 4.79 Å². The van der Waals surface area contributed by atoms with E-state index in [1.54, 1.807) is 23.9 Å². The first kappa shape index (κ1) is 14.6. The Labute approximate surface area is 118 Å². The summed E-state index contributed by atoms with van der Waals surface area (Å²) in [5, 5.41) is 5.80. The highest BCUT2D eigenvalue weighted by Crippen LogP contribution is 2.18. The number of rotatable bonds is 6. The molecule has 1 amide bonds. The van der Waals surface area contributed by atoms with Crippen LogP contribution in [-0.4, -0.2) is 27.5 Å². The number of hydrogen-bond acceptors (Lipinski definition) is 4. The minimum absolute atomic E-state index is 0.0898. The standard InChI is InChI=1S/C14H22N4O2/c1-9(2)8-18-7-6-15-12(14(18)20)16-10(3)13(19)17-11-4-5-11/h6-7,9-11H,4-5,8H2,1-3H3,(H,15,16)(H,17,19).